The molecule has 1 unspecified atom stereocenters. The molecule has 160 valence electrons. The summed E-state index contributed by atoms with van der Waals surface area (Å²) in [5.74, 6) is 0. The van der Waals surface area contributed by atoms with Gasteiger partial charge in [-0.05, 0) is 0 Å². The van der Waals surface area contributed by atoms with Crippen molar-refractivity contribution in [1.29, 1.82) is 0 Å². The van der Waals surface area contributed by atoms with Gasteiger partial charge in [0.25, 0.3) is 0 Å². The van der Waals surface area contributed by atoms with E-state index in [1.54, 1.807) is 0 Å². The number of hydrogen-bond donors (Lipinski definition) is 0. The summed E-state index contributed by atoms with van der Waals surface area (Å²) in [5.41, 5.74) is 2.98. The Morgan fingerprint density at radius 2 is 1.64 bits per heavy atom. The quantitative estimate of drug-likeness (QED) is 0.202. The number of allylic oxidation sites excluding steroid dienone is 1. The van der Waals surface area contributed by atoms with Crippen molar-refractivity contribution in [3.05, 3.63) is 35.8 Å². The van der Waals surface area contributed by atoms with E-state index in [4.69, 9.17) is 7.49 Å². The summed E-state index contributed by atoms with van der Waals surface area (Å²) in [7, 11) is 0. The maximum absolute atomic E-state index is 7.45. The van der Waals surface area contributed by atoms with E-state index in [1.807, 2.05) is 12.5 Å². The van der Waals surface area contributed by atoms with Crippen LogP contribution in [0.5, 0.6) is 0 Å². The van der Waals surface area contributed by atoms with Crippen LogP contribution in [-0.4, -0.2) is 18.8 Å². The van der Waals surface area contributed by atoms with Crippen LogP contribution in [0.1, 0.15) is 104 Å². The van der Waals surface area contributed by atoms with Crippen molar-refractivity contribution < 1.29 is 7.49 Å². The predicted molar refractivity (Wildman–Crippen MR) is 123 cm³/mol. The summed E-state index contributed by atoms with van der Waals surface area (Å²) in [6.45, 7) is 11.8. The van der Waals surface area contributed by atoms with Crippen molar-refractivity contribution in [3.8, 4) is 0 Å². The van der Waals surface area contributed by atoms with Gasteiger partial charge < -0.3 is 0 Å². The summed E-state index contributed by atoms with van der Waals surface area (Å²) in [4.78, 5) is 0. The molecule has 2 rings (SSSR count). The molecular weight excluding hydrogens is 451 g/mol. The molecule has 0 aliphatic heterocycles. The molecule has 1 aromatic rings. The Morgan fingerprint density at radius 3 is 2.11 bits per heavy atom. The molecule has 0 bridgehead atoms. The van der Waals surface area contributed by atoms with Gasteiger partial charge in [0.15, 0.2) is 0 Å². The normalized spacial score (nSPS) is 18.1. The van der Waals surface area contributed by atoms with Gasteiger partial charge in [0.1, 0.15) is 0 Å². The van der Waals surface area contributed by atoms with Gasteiger partial charge in [-0.1, -0.05) is 0 Å². The molecule has 28 heavy (non-hydrogen) atoms. The van der Waals surface area contributed by atoms with Crippen LogP contribution in [0.4, 0.5) is 0 Å². The third kappa shape index (κ3) is 6.65. The molecule has 0 radical (unpaired) electrons. The number of hydrogen-bond acceptors (Lipinski definition) is 2. The minimum atomic E-state index is -2.72. The van der Waals surface area contributed by atoms with E-state index in [0.29, 0.717) is 0 Å². The molecule has 3 heteroatoms. The van der Waals surface area contributed by atoms with Gasteiger partial charge in [-0.25, -0.2) is 0 Å². The molecule has 0 amide bonds. The van der Waals surface area contributed by atoms with Gasteiger partial charge >= 0.3 is 179 Å². The fourth-order valence-corrected chi connectivity index (χ4v) is 18.6. The average Bonchev–Trinajstić information content (AvgIpc) is 3.21. The SMILES string of the molecule is CCC[CH2][Sn]([CH2]CCC)([CH2]CCC)[O]C(C1=CCCCC1(C)C)c1ccoc1. The van der Waals surface area contributed by atoms with E-state index in [2.05, 4.69) is 46.8 Å². The molecule has 0 saturated carbocycles. The summed E-state index contributed by atoms with van der Waals surface area (Å²) >= 11 is -2.72. The van der Waals surface area contributed by atoms with Crippen LogP contribution >= 0.6 is 0 Å². The topological polar surface area (TPSA) is 22.4 Å². The number of rotatable bonds is 13. The summed E-state index contributed by atoms with van der Waals surface area (Å²) < 4.78 is 17.1. The number of unbranched alkanes of at least 4 members (excludes halogenated alkanes) is 3. The van der Waals surface area contributed by atoms with Crippen molar-refractivity contribution >= 4 is 18.8 Å². The Hall–Kier alpha value is -0.221. The van der Waals surface area contributed by atoms with E-state index in [0.717, 1.165) is 0 Å². The summed E-state index contributed by atoms with van der Waals surface area (Å²) in [6.07, 6.45) is 18.0. The molecule has 0 saturated heterocycles. The second-order valence-corrected chi connectivity index (χ2v) is 21.2. The van der Waals surface area contributed by atoms with Gasteiger partial charge in [-0.2, -0.15) is 0 Å². The molecule has 1 aliphatic rings. The van der Waals surface area contributed by atoms with Crippen LogP contribution in [0.15, 0.2) is 34.7 Å². The van der Waals surface area contributed by atoms with E-state index in [-0.39, 0.29) is 11.5 Å². The molecular formula is C25H44O2Sn. The fourth-order valence-electron chi connectivity index (χ4n) is 4.72. The van der Waals surface area contributed by atoms with E-state index < -0.39 is 18.8 Å². The van der Waals surface area contributed by atoms with E-state index >= 15 is 0 Å². The molecule has 1 atom stereocenters. The van der Waals surface area contributed by atoms with Crippen LogP contribution in [0.2, 0.25) is 13.3 Å². The zero-order valence-electron chi connectivity index (χ0n) is 19.2. The Kier molecular flexibility index (Phi) is 10.2. The maximum atomic E-state index is 7.45. The molecule has 0 aromatic carbocycles. The standard InChI is InChI=1S/C13H17O2.3C4H9.Sn/c1-13(2)7-4-3-5-11(13)12(14)10-6-8-15-9-10;3*1-3-4-2;/h5-6,8-9,12H,3-4,7H2,1-2H3;3*1,3-4H2,2H3;/q-1;;;;+1. The van der Waals surface area contributed by atoms with Gasteiger partial charge in [-0.3, -0.25) is 0 Å². The third-order valence-corrected chi connectivity index (χ3v) is 19.5. The molecule has 0 spiro atoms. The first kappa shape index (κ1) is 24.1. The fraction of sp³-hybridized carbons (Fsp3) is 0.760. The molecule has 1 heterocycles. The van der Waals surface area contributed by atoms with Gasteiger partial charge in [0.05, 0.1) is 0 Å². The van der Waals surface area contributed by atoms with Crippen molar-refractivity contribution in [2.75, 3.05) is 0 Å². The molecule has 1 aromatic heterocycles. The predicted octanol–water partition coefficient (Wildman–Crippen LogP) is 8.82. The average molecular weight is 495 g/mol. The van der Waals surface area contributed by atoms with Crippen LogP contribution in [0.3, 0.4) is 0 Å². The Balaban J connectivity index is 2.39. The zero-order chi connectivity index (χ0) is 20.5. The van der Waals surface area contributed by atoms with Gasteiger partial charge in [0, 0.05) is 0 Å². The molecule has 0 fully saturated rings. The second kappa shape index (κ2) is 11.8. The second-order valence-electron chi connectivity index (χ2n) is 9.48. The van der Waals surface area contributed by atoms with E-state index in [9.17, 15) is 0 Å². The molecule has 1 aliphatic carbocycles. The first-order valence-electron chi connectivity index (χ1n) is 11.9. The van der Waals surface area contributed by atoms with Crippen LogP contribution < -0.4 is 0 Å². The molecule has 0 N–H and O–H groups in total. The van der Waals surface area contributed by atoms with Crippen LogP contribution in [-0.2, 0) is 3.07 Å². The minimum absolute atomic E-state index is 0.121. The summed E-state index contributed by atoms with van der Waals surface area (Å²) in [5, 5.41) is 0. The van der Waals surface area contributed by atoms with Gasteiger partial charge in [-0.15, -0.1) is 0 Å². The Bertz CT molecular complexity index is 552. The zero-order valence-corrected chi connectivity index (χ0v) is 22.0. The van der Waals surface area contributed by atoms with Crippen LogP contribution in [0.25, 0.3) is 0 Å². The van der Waals surface area contributed by atoms with Crippen LogP contribution in [0, 0.1) is 5.41 Å². The first-order valence-corrected chi connectivity index (χ1v) is 19.1. The molecule has 2 nitrogen and oxygen atoms in total. The first-order chi connectivity index (χ1) is 13.5. The van der Waals surface area contributed by atoms with Gasteiger partial charge in [0.2, 0.25) is 0 Å². The van der Waals surface area contributed by atoms with Crippen molar-refractivity contribution in [2.45, 2.75) is 112 Å². The van der Waals surface area contributed by atoms with E-state index in [1.165, 1.54) is 82.2 Å². The van der Waals surface area contributed by atoms with Crippen molar-refractivity contribution in [1.82, 2.24) is 0 Å². The van der Waals surface area contributed by atoms with Crippen molar-refractivity contribution in [2.24, 2.45) is 5.41 Å². The monoisotopic (exact) mass is 496 g/mol. The van der Waals surface area contributed by atoms with Crippen molar-refractivity contribution in [3.63, 3.8) is 0 Å². The number of furan rings is 1. The third-order valence-electron chi connectivity index (χ3n) is 6.61. The Morgan fingerprint density at radius 1 is 1.04 bits per heavy atom. The summed E-state index contributed by atoms with van der Waals surface area (Å²) in [6, 6.07) is 2.15. The Labute approximate surface area is 178 Å².